The molecule has 2 unspecified atom stereocenters. The molecule has 1 aliphatic carbocycles. The molecule has 0 saturated carbocycles. The fourth-order valence-electron chi connectivity index (χ4n) is 3.60. The lowest BCUT2D eigenvalue weighted by molar-refractivity contribution is -0.124. The number of carbonyl (C=O) groups is 2. The van der Waals surface area contributed by atoms with E-state index < -0.39 is 5.97 Å². The summed E-state index contributed by atoms with van der Waals surface area (Å²) in [4.78, 5) is 26.1. The van der Waals surface area contributed by atoms with Gasteiger partial charge in [0.2, 0.25) is 0 Å². The monoisotopic (exact) mass is 417 g/mol. The number of rotatable bonds is 7. The Labute approximate surface area is 175 Å². The van der Waals surface area contributed by atoms with Crippen LogP contribution in [-0.2, 0) is 22.4 Å². The van der Waals surface area contributed by atoms with Gasteiger partial charge in [0.1, 0.15) is 11.5 Å². The van der Waals surface area contributed by atoms with Gasteiger partial charge >= 0.3 is 5.97 Å². The Bertz CT molecular complexity index is 891. The number of ether oxygens (including phenoxy) is 3. The van der Waals surface area contributed by atoms with Gasteiger partial charge in [-0.3, -0.25) is 4.79 Å². The van der Waals surface area contributed by atoms with Crippen molar-refractivity contribution in [3.05, 3.63) is 45.1 Å². The highest BCUT2D eigenvalue weighted by atomic mass is 32.1. The molecule has 156 valence electrons. The molecule has 2 aromatic rings. The Morgan fingerprint density at radius 1 is 1.28 bits per heavy atom. The van der Waals surface area contributed by atoms with Crippen LogP contribution >= 0.6 is 11.3 Å². The van der Waals surface area contributed by atoms with Gasteiger partial charge in [0.15, 0.2) is 6.61 Å². The predicted octanol–water partition coefficient (Wildman–Crippen LogP) is 3.92. The Morgan fingerprint density at radius 2 is 2.07 bits per heavy atom. The number of hydrogen-bond donors (Lipinski definition) is 1. The van der Waals surface area contributed by atoms with Gasteiger partial charge in [-0.25, -0.2) is 4.79 Å². The number of thiophene rings is 1. The summed E-state index contributed by atoms with van der Waals surface area (Å²) >= 11 is 1.61. The summed E-state index contributed by atoms with van der Waals surface area (Å²) in [5.41, 5.74) is 2.48. The zero-order chi connectivity index (χ0) is 21.0. The molecule has 0 radical (unpaired) electrons. The van der Waals surface area contributed by atoms with Crippen molar-refractivity contribution in [2.24, 2.45) is 5.92 Å². The Kier molecular flexibility index (Phi) is 6.79. The van der Waals surface area contributed by atoms with Crippen molar-refractivity contribution in [3.63, 3.8) is 0 Å². The lowest BCUT2D eigenvalue weighted by Crippen LogP contribution is -2.31. The first-order chi connectivity index (χ1) is 13.9. The molecule has 0 fully saturated rings. The van der Waals surface area contributed by atoms with E-state index in [0.717, 1.165) is 30.4 Å². The molecule has 0 saturated heterocycles. The van der Waals surface area contributed by atoms with E-state index >= 15 is 0 Å². The highest BCUT2D eigenvalue weighted by Gasteiger charge is 2.24. The largest absolute Gasteiger partial charge is 0.497 e. The lowest BCUT2D eigenvalue weighted by Gasteiger charge is -2.19. The Hall–Kier alpha value is -2.54. The van der Waals surface area contributed by atoms with Crippen LogP contribution in [-0.4, -0.2) is 32.7 Å². The minimum atomic E-state index is -0.432. The van der Waals surface area contributed by atoms with E-state index in [1.165, 1.54) is 4.88 Å². The predicted molar refractivity (Wildman–Crippen MR) is 112 cm³/mol. The van der Waals surface area contributed by atoms with E-state index in [-0.39, 0.29) is 18.6 Å². The summed E-state index contributed by atoms with van der Waals surface area (Å²) < 4.78 is 15.9. The topological polar surface area (TPSA) is 73.9 Å². The van der Waals surface area contributed by atoms with Gasteiger partial charge in [0.25, 0.3) is 5.91 Å². The SMILES string of the molecule is COc1ccc(OC)c(C(C)NC(=O)COC(=O)c2csc3c2CCC(C)C3)c1. The van der Waals surface area contributed by atoms with E-state index in [9.17, 15) is 9.59 Å². The number of methoxy groups -OCH3 is 2. The molecule has 6 nitrogen and oxygen atoms in total. The maximum absolute atomic E-state index is 12.5. The standard InChI is InChI=1S/C22H27NO5S/c1-13-5-7-16-18(12-29-20(16)9-13)22(25)28-11-21(24)23-14(2)17-10-15(26-3)6-8-19(17)27-4/h6,8,10,12-14H,5,7,9,11H2,1-4H3,(H,23,24). The lowest BCUT2D eigenvalue weighted by atomic mass is 9.88. The molecule has 1 aromatic carbocycles. The number of esters is 1. The van der Waals surface area contributed by atoms with Crippen LogP contribution in [0.15, 0.2) is 23.6 Å². The van der Waals surface area contributed by atoms with Crippen LogP contribution in [0.3, 0.4) is 0 Å². The molecule has 0 aliphatic heterocycles. The zero-order valence-electron chi connectivity index (χ0n) is 17.2. The second-order valence-corrected chi connectivity index (χ2v) is 8.34. The van der Waals surface area contributed by atoms with E-state index in [4.69, 9.17) is 14.2 Å². The Balaban J connectivity index is 1.58. The van der Waals surface area contributed by atoms with Gasteiger partial charge in [0, 0.05) is 15.8 Å². The Morgan fingerprint density at radius 3 is 2.79 bits per heavy atom. The van der Waals surface area contributed by atoms with E-state index in [1.54, 1.807) is 37.7 Å². The van der Waals surface area contributed by atoms with Crippen molar-refractivity contribution in [2.75, 3.05) is 20.8 Å². The third-order valence-electron chi connectivity index (χ3n) is 5.24. The first kappa shape index (κ1) is 21.2. The average Bonchev–Trinajstić information content (AvgIpc) is 3.14. The van der Waals surface area contributed by atoms with Gasteiger partial charge in [-0.1, -0.05) is 6.92 Å². The average molecular weight is 418 g/mol. The second kappa shape index (κ2) is 9.31. The molecule has 29 heavy (non-hydrogen) atoms. The normalized spacial score (nSPS) is 16.5. The molecule has 0 bridgehead atoms. The summed E-state index contributed by atoms with van der Waals surface area (Å²) in [5.74, 6) is 1.16. The number of carbonyl (C=O) groups excluding carboxylic acids is 2. The van der Waals surface area contributed by atoms with Crippen LogP contribution in [0.25, 0.3) is 0 Å². The summed E-state index contributed by atoms with van der Waals surface area (Å²) in [6.45, 7) is 3.74. The zero-order valence-corrected chi connectivity index (χ0v) is 18.1. The van der Waals surface area contributed by atoms with E-state index in [0.29, 0.717) is 23.0 Å². The fourth-order valence-corrected chi connectivity index (χ4v) is 4.83. The van der Waals surface area contributed by atoms with Crippen molar-refractivity contribution >= 4 is 23.2 Å². The molecular formula is C22H27NO5S. The van der Waals surface area contributed by atoms with Gasteiger partial charge in [-0.15, -0.1) is 11.3 Å². The molecule has 7 heteroatoms. The van der Waals surface area contributed by atoms with Crippen LogP contribution in [0.2, 0.25) is 0 Å². The molecule has 1 aliphatic rings. The van der Waals surface area contributed by atoms with Gasteiger partial charge < -0.3 is 19.5 Å². The van der Waals surface area contributed by atoms with Crippen LogP contribution in [0.5, 0.6) is 11.5 Å². The summed E-state index contributed by atoms with van der Waals surface area (Å²) in [7, 11) is 3.15. The summed E-state index contributed by atoms with van der Waals surface area (Å²) in [6.07, 6.45) is 2.97. The minimum absolute atomic E-state index is 0.323. The number of nitrogens with one attached hydrogen (secondary N) is 1. The first-order valence-corrected chi connectivity index (χ1v) is 10.6. The number of benzene rings is 1. The molecule has 0 spiro atoms. The van der Waals surface area contributed by atoms with Gasteiger partial charge in [-0.2, -0.15) is 0 Å². The van der Waals surface area contributed by atoms with Gasteiger partial charge in [-0.05, 0) is 55.9 Å². The third-order valence-corrected chi connectivity index (χ3v) is 6.29. The molecular weight excluding hydrogens is 390 g/mol. The second-order valence-electron chi connectivity index (χ2n) is 7.37. The van der Waals surface area contributed by atoms with Crippen molar-refractivity contribution in [2.45, 2.75) is 39.2 Å². The molecule has 1 amide bonds. The molecule has 1 N–H and O–H groups in total. The third kappa shape index (κ3) is 4.90. The smallest absolute Gasteiger partial charge is 0.339 e. The number of fused-ring (bicyclic) bond motifs is 1. The number of hydrogen-bond acceptors (Lipinski definition) is 6. The highest BCUT2D eigenvalue weighted by molar-refractivity contribution is 7.10. The van der Waals surface area contributed by atoms with Crippen molar-refractivity contribution in [1.29, 1.82) is 0 Å². The minimum Gasteiger partial charge on any atom is -0.497 e. The van der Waals surface area contributed by atoms with Crippen LogP contribution in [0, 0.1) is 5.92 Å². The quantitative estimate of drug-likeness (QED) is 0.691. The van der Waals surface area contributed by atoms with Crippen LogP contribution in [0.4, 0.5) is 0 Å². The van der Waals surface area contributed by atoms with Crippen molar-refractivity contribution < 1.29 is 23.8 Å². The van der Waals surface area contributed by atoms with Crippen LogP contribution < -0.4 is 14.8 Å². The first-order valence-electron chi connectivity index (χ1n) is 9.70. The molecule has 2 atom stereocenters. The molecule has 1 aromatic heterocycles. The summed E-state index contributed by atoms with van der Waals surface area (Å²) in [5, 5.41) is 4.70. The van der Waals surface area contributed by atoms with Crippen molar-refractivity contribution in [3.8, 4) is 11.5 Å². The number of amides is 1. The van der Waals surface area contributed by atoms with Crippen molar-refractivity contribution in [1.82, 2.24) is 5.32 Å². The highest BCUT2D eigenvalue weighted by Crippen LogP contribution is 2.33. The summed E-state index contributed by atoms with van der Waals surface area (Å²) in [6, 6.07) is 5.06. The van der Waals surface area contributed by atoms with Crippen LogP contribution in [0.1, 0.15) is 52.7 Å². The maximum atomic E-state index is 12.5. The fraction of sp³-hybridized carbons (Fsp3) is 0.455. The van der Waals surface area contributed by atoms with Gasteiger partial charge in [0.05, 0.1) is 25.8 Å². The van der Waals surface area contributed by atoms with E-state index in [1.807, 2.05) is 18.4 Å². The maximum Gasteiger partial charge on any atom is 0.339 e. The molecule has 1 heterocycles. The molecule has 3 rings (SSSR count). The van der Waals surface area contributed by atoms with E-state index in [2.05, 4.69) is 12.2 Å².